The van der Waals surface area contributed by atoms with Gasteiger partial charge in [0.15, 0.2) is 0 Å². The molecule has 0 radical (unpaired) electrons. The molecular weight excluding hydrogens is 280 g/mol. The maximum absolute atomic E-state index is 5.54. The molecule has 1 aromatic heterocycles. The van der Waals surface area contributed by atoms with Gasteiger partial charge in [0.05, 0.1) is 7.11 Å². The van der Waals surface area contributed by atoms with Crippen LogP contribution in [0.2, 0.25) is 0 Å². The summed E-state index contributed by atoms with van der Waals surface area (Å²) in [5.74, 6) is 2.30. The predicted octanol–water partition coefficient (Wildman–Crippen LogP) is 3.51. The minimum Gasteiger partial charge on any atom is -0.496 e. The van der Waals surface area contributed by atoms with Crippen LogP contribution in [0.15, 0.2) is 6.20 Å². The zero-order chi connectivity index (χ0) is 15.2. The van der Waals surface area contributed by atoms with Crippen LogP contribution in [0, 0.1) is 13.8 Å². The molecule has 1 aromatic rings. The number of ether oxygens (including phenoxy) is 1. The summed E-state index contributed by atoms with van der Waals surface area (Å²) in [6.45, 7) is 7.50. The van der Waals surface area contributed by atoms with Crippen LogP contribution in [-0.2, 0) is 6.42 Å². The molecule has 0 aliphatic carbocycles. The molecular formula is C17H28N2OS. The van der Waals surface area contributed by atoms with E-state index in [2.05, 4.69) is 42.8 Å². The van der Waals surface area contributed by atoms with Crippen LogP contribution in [0.4, 0.5) is 0 Å². The predicted molar refractivity (Wildman–Crippen MR) is 91.5 cm³/mol. The summed E-state index contributed by atoms with van der Waals surface area (Å²) in [4.78, 5) is 4.68. The average Bonchev–Trinajstić information content (AvgIpc) is 3.00. The van der Waals surface area contributed by atoms with Crippen molar-refractivity contribution in [3.63, 3.8) is 0 Å². The van der Waals surface area contributed by atoms with Gasteiger partial charge in [0.25, 0.3) is 0 Å². The normalized spacial score (nSPS) is 19.7. The first-order valence-electron chi connectivity index (χ1n) is 8.01. The summed E-state index contributed by atoms with van der Waals surface area (Å²) in [5.41, 5.74) is 3.49. The largest absolute Gasteiger partial charge is 0.496 e. The monoisotopic (exact) mass is 308 g/mol. The second kappa shape index (κ2) is 8.04. The molecule has 2 atom stereocenters. The van der Waals surface area contributed by atoms with Crippen LogP contribution in [0.5, 0.6) is 5.75 Å². The van der Waals surface area contributed by atoms with Crippen molar-refractivity contribution in [3.8, 4) is 5.75 Å². The molecule has 0 amide bonds. The molecule has 0 aromatic carbocycles. The van der Waals surface area contributed by atoms with E-state index in [-0.39, 0.29) is 0 Å². The summed E-state index contributed by atoms with van der Waals surface area (Å²) in [7, 11) is 1.75. The summed E-state index contributed by atoms with van der Waals surface area (Å²) >= 11 is 2.12. The number of aryl methyl sites for hydroxylation is 1. The third-order valence-electron chi connectivity index (χ3n) is 4.23. The second-order valence-corrected chi connectivity index (χ2v) is 7.21. The van der Waals surface area contributed by atoms with Crippen molar-refractivity contribution in [1.82, 2.24) is 10.3 Å². The van der Waals surface area contributed by atoms with Gasteiger partial charge in [-0.15, -0.1) is 0 Å². The highest BCUT2D eigenvalue weighted by atomic mass is 32.2. The zero-order valence-electron chi connectivity index (χ0n) is 13.7. The molecule has 4 heteroatoms. The van der Waals surface area contributed by atoms with Crippen molar-refractivity contribution in [1.29, 1.82) is 0 Å². The molecule has 1 aliphatic heterocycles. The lowest BCUT2D eigenvalue weighted by molar-refractivity contribution is 0.405. The Bertz CT molecular complexity index is 458. The van der Waals surface area contributed by atoms with Gasteiger partial charge in [0.2, 0.25) is 0 Å². The van der Waals surface area contributed by atoms with E-state index in [0.29, 0.717) is 6.04 Å². The summed E-state index contributed by atoms with van der Waals surface area (Å²) in [6.07, 6.45) is 6.80. The molecule has 0 spiro atoms. The number of nitrogens with one attached hydrogen (secondary N) is 1. The molecule has 1 fully saturated rings. The van der Waals surface area contributed by atoms with Crippen molar-refractivity contribution < 1.29 is 4.74 Å². The van der Waals surface area contributed by atoms with Crippen LogP contribution < -0.4 is 10.1 Å². The highest BCUT2D eigenvalue weighted by Crippen LogP contribution is 2.31. The maximum Gasteiger partial charge on any atom is 0.128 e. The minimum atomic E-state index is 0.524. The Kier molecular flexibility index (Phi) is 6.37. The Morgan fingerprint density at radius 2 is 2.29 bits per heavy atom. The van der Waals surface area contributed by atoms with E-state index in [4.69, 9.17) is 4.74 Å². The van der Waals surface area contributed by atoms with E-state index in [9.17, 15) is 0 Å². The van der Waals surface area contributed by atoms with E-state index in [0.717, 1.165) is 29.5 Å². The van der Waals surface area contributed by atoms with Crippen molar-refractivity contribution >= 4 is 11.8 Å². The molecule has 2 heterocycles. The van der Waals surface area contributed by atoms with E-state index >= 15 is 0 Å². The first-order valence-corrected chi connectivity index (χ1v) is 9.06. The lowest BCUT2D eigenvalue weighted by Gasteiger charge is -2.25. The van der Waals surface area contributed by atoms with E-state index in [1.807, 2.05) is 6.20 Å². The smallest absolute Gasteiger partial charge is 0.128 e. The molecule has 0 bridgehead atoms. The van der Waals surface area contributed by atoms with Gasteiger partial charge in [-0.05, 0) is 45.4 Å². The van der Waals surface area contributed by atoms with Crippen molar-refractivity contribution in [2.45, 2.75) is 57.7 Å². The highest BCUT2D eigenvalue weighted by molar-refractivity contribution is 8.00. The first-order chi connectivity index (χ1) is 10.2. The maximum atomic E-state index is 5.54. The number of thioether (sulfide) groups is 1. The molecule has 2 unspecified atom stereocenters. The third kappa shape index (κ3) is 4.13. The lowest BCUT2D eigenvalue weighted by Crippen LogP contribution is -2.39. The van der Waals surface area contributed by atoms with Gasteiger partial charge in [0, 0.05) is 40.7 Å². The quantitative estimate of drug-likeness (QED) is 0.836. The van der Waals surface area contributed by atoms with Gasteiger partial charge in [-0.2, -0.15) is 11.8 Å². The topological polar surface area (TPSA) is 34.2 Å². The Morgan fingerprint density at radius 3 is 2.90 bits per heavy atom. The Morgan fingerprint density at radius 1 is 1.48 bits per heavy atom. The molecule has 1 N–H and O–H groups in total. The van der Waals surface area contributed by atoms with Crippen LogP contribution >= 0.6 is 11.8 Å². The van der Waals surface area contributed by atoms with Crippen molar-refractivity contribution in [2.24, 2.45) is 0 Å². The molecule has 21 heavy (non-hydrogen) atoms. The van der Waals surface area contributed by atoms with E-state index in [1.165, 1.54) is 36.3 Å². The van der Waals surface area contributed by atoms with Gasteiger partial charge < -0.3 is 10.1 Å². The van der Waals surface area contributed by atoms with Gasteiger partial charge in [-0.25, -0.2) is 0 Å². The Balaban J connectivity index is 2.15. The number of hydrogen-bond acceptors (Lipinski definition) is 4. The van der Waals surface area contributed by atoms with Gasteiger partial charge in [0.1, 0.15) is 5.75 Å². The zero-order valence-corrected chi connectivity index (χ0v) is 14.6. The number of rotatable bonds is 7. The minimum absolute atomic E-state index is 0.524. The molecule has 2 rings (SSSR count). The number of nitrogens with zero attached hydrogens (tertiary/aromatic N) is 1. The first kappa shape index (κ1) is 16.6. The third-order valence-corrected chi connectivity index (χ3v) is 5.75. The standard InChI is InChI=1S/C17H28N2OS/c1-5-8-18-15(16-7-6-9-21-16)10-14-13(3)17(20-4)12(2)11-19-14/h11,15-16,18H,5-10H2,1-4H3. The molecule has 3 nitrogen and oxygen atoms in total. The van der Waals surface area contributed by atoms with Crippen LogP contribution in [-0.4, -0.2) is 35.7 Å². The second-order valence-electron chi connectivity index (χ2n) is 5.86. The fourth-order valence-corrected chi connectivity index (χ4v) is 4.46. The van der Waals surface area contributed by atoms with Crippen LogP contribution in [0.25, 0.3) is 0 Å². The molecule has 1 aliphatic rings. The van der Waals surface area contributed by atoms with E-state index < -0.39 is 0 Å². The van der Waals surface area contributed by atoms with Gasteiger partial charge >= 0.3 is 0 Å². The fourth-order valence-electron chi connectivity index (χ4n) is 3.07. The number of methoxy groups -OCH3 is 1. The highest BCUT2D eigenvalue weighted by Gasteiger charge is 2.26. The number of aromatic nitrogens is 1. The van der Waals surface area contributed by atoms with Crippen LogP contribution in [0.1, 0.15) is 43.0 Å². The molecule has 0 saturated carbocycles. The molecule has 1 saturated heterocycles. The van der Waals surface area contributed by atoms with E-state index in [1.54, 1.807) is 7.11 Å². The van der Waals surface area contributed by atoms with Crippen LogP contribution in [0.3, 0.4) is 0 Å². The average molecular weight is 308 g/mol. The lowest BCUT2D eigenvalue weighted by atomic mass is 10.00. The van der Waals surface area contributed by atoms with Crippen molar-refractivity contribution in [2.75, 3.05) is 19.4 Å². The number of hydrogen-bond donors (Lipinski definition) is 1. The summed E-state index contributed by atoms with van der Waals surface area (Å²) in [5, 5.41) is 4.46. The summed E-state index contributed by atoms with van der Waals surface area (Å²) < 4.78 is 5.54. The molecule has 118 valence electrons. The Hall–Kier alpha value is -0.740. The Labute approximate surface area is 133 Å². The number of pyridine rings is 1. The SMILES string of the molecule is CCCNC(Cc1ncc(C)c(OC)c1C)C1CCCS1. The summed E-state index contributed by atoms with van der Waals surface area (Å²) in [6, 6.07) is 0.524. The fraction of sp³-hybridized carbons (Fsp3) is 0.706. The van der Waals surface area contributed by atoms with Gasteiger partial charge in [-0.1, -0.05) is 6.92 Å². The van der Waals surface area contributed by atoms with Crippen molar-refractivity contribution in [3.05, 3.63) is 23.0 Å². The van der Waals surface area contributed by atoms with Gasteiger partial charge in [-0.3, -0.25) is 4.98 Å².